The summed E-state index contributed by atoms with van der Waals surface area (Å²) in [7, 11) is 2.01. The minimum absolute atomic E-state index is 0. The van der Waals surface area contributed by atoms with Crippen LogP contribution in [0.25, 0.3) is 11.0 Å². The fourth-order valence-corrected chi connectivity index (χ4v) is 1.22. The second kappa shape index (κ2) is 3.48. The quantitative estimate of drug-likeness (QED) is 0.621. The zero-order valence-corrected chi connectivity index (χ0v) is 8.18. The highest BCUT2D eigenvalue weighted by Gasteiger charge is 1.98. The van der Waals surface area contributed by atoms with Crippen molar-refractivity contribution in [3.8, 4) is 0 Å². The maximum absolute atomic E-state index is 3.16. The minimum Gasteiger partial charge on any atom is -0.296 e. The summed E-state index contributed by atoms with van der Waals surface area (Å²) >= 11 is 0. The van der Waals surface area contributed by atoms with Gasteiger partial charge in [-0.15, -0.1) is 0 Å². The van der Waals surface area contributed by atoms with Crippen molar-refractivity contribution in [1.82, 2.24) is 9.78 Å². The molecule has 2 rings (SSSR count). The predicted octanol–water partition coefficient (Wildman–Crippen LogP) is 3.09. The van der Waals surface area contributed by atoms with Crippen molar-refractivity contribution in [3.63, 3.8) is 0 Å². The lowest BCUT2D eigenvalue weighted by Crippen LogP contribution is -2.04. The lowest BCUT2D eigenvalue weighted by Gasteiger charge is -2.11. The van der Waals surface area contributed by atoms with Gasteiger partial charge in [0, 0.05) is 8.47 Å². The third-order valence-corrected chi connectivity index (χ3v) is 1.80. The molecule has 0 atom stereocenters. The molecule has 0 aliphatic rings. The summed E-state index contributed by atoms with van der Waals surface area (Å²) in [6.07, 6.45) is 0. The molecule has 2 nitrogen and oxygen atoms in total. The zero-order chi connectivity index (χ0) is 9.14. The van der Waals surface area contributed by atoms with Crippen molar-refractivity contribution in [1.29, 1.82) is 0 Å². The summed E-state index contributed by atoms with van der Waals surface area (Å²) < 4.78 is 2.01. The van der Waals surface area contributed by atoms with E-state index in [-0.39, 0.29) is 1.43 Å². The van der Waals surface area contributed by atoms with E-state index in [1.807, 2.05) is 25.6 Å². The van der Waals surface area contributed by atoms with Crippen LogP contribution in [0.2, 0.25) is 0 Å². The summed E-state index contributed by atoms with van der Waals surface area (Å²) in [5.41, 5.74) is 3.83. The Morgan fingerprint density at radius 3 is 2.50 bits per heavy atom. The van der Waals surface area contributed by atoms with Crippen LogP contribution >= 0.6 is 0 Å². The topological polar surface area (TPSA) is 20.7 Å². The SMILES string of the molecule is CC.Cc1ccc2c(c1)[nH]n2C.[HH]. The molecular weight excluding hydrogens is 148 g/mol. The van der Waals surface area contributed by atoms with Gasteiger partial charge in [-0.05, 0) is 24.6 Å². The number of H-pyrrole nitrogens is 1. The van der Waals surface area contributed by atoms with E-state index in [1.54, 1.807) is 0 Å². The maximum atomic E-state index is 3.16. The van der Waals surface area contributed by atoms with Crippen molar-refractivity contribution in [3.05, 3.63) is 23.8 Å². The second-order valence-corrected chi connectivity index (χ2v) is 2.69. The molecule has 0 unspecified atom stereocenters. The van der Waals surface area contributed by atoms with Crippen molar-refractivity contribution >= 4 is 11.0 Å². The van der Waals surface area contributed by atoms with E-state index in [0.717, 1.165) is 0 Å². The highest BCUT2D eigenvalue weighted by atomic mass is 15.3. The molecule has 0 aliphatic carbocycles. The summed E-state index contributed by atoms with van der Waals surface area (Å²) in [6, 6.07) is 6.40. The first-order chi connectivity index (χ1) is 5.77. The van der Waals surface area contributed by atoms with Crippen LogP contribution in [0.15, 0.2) is 18.2 Å². The Morgan fingerprint density at radius 2 is 2.00 bits per heavy atom. The third-order valence-electron chi connectivity index (χ3n) is 1.80. The van der Waals surface area contributed by atoms with Gasteiger partial charge in [0.1, 0.15) is 0 Å². The van der Waals surface area contributed by atoms with Crippen molar-refractivity contribution in [2.45, 2.75) is 20.8 Å². The molecule has 1 aromatic carbocycles. The number of hydrogen-bond donors (Lipinski definition) is 1. The number of aromatic amines is 1. The Hall–Kier alpha value is -1.18. The van der Waals surface area contributed by atoms with Gasteiger partial charge in [-0.2, -0.15) is 0 Å². The smallest absolute Gasteiger partial charge is 0.0818 e. The molecule has 1 heterocycles. The van der Waals surface area contributed by atoms with Crippen LogP contribution in [0.3, 0.4) is 0 Å². The van der Waals surface area contributed by atoms with Crippen LogP contribution in [0.5, 0.6) is 0 Å². The summed E-state index contributed by atoms with van der Waals surface area (Å²) in [5.74, 6) is 0. The van der Waals surface area contributed by atoms with Crippen molar-refractivity contribution < 1.29 is 1.43 Å². The van der Waals surface area contributed by atoms with Crippen LogP contribution < -0.4 is 0 Å². The van der Waals surface area contributed by atoms with Crippen LogP contribution in [0.1, 0.15) is 20.8 Å². The Balaban J connectivity index is 0.000000451. The predicted molar refractivity (Wildman–Crippen MR) is 55.5 cm³/mol. The second-order valence-electron chi connectivity index (χ2n) is 2.69. The van der Waals surface area contributed by atoms with Gasteiger partial charge in [0.2, 0.25) is 0 Å². The van der Waals surface area contributed by atoms with Crippen LogP contribution in [0, 0.1) is 6.92 Å². The molecular formula is C10H18N2. The monoisotopic (exact) mass is 166 g/mol. The van der Waals surface area contributed by atoms with Gasteiger partial charge in [-0.3, -0.25) is 9.78 Å². The zero-order valence-electron chi connectivity index (χ0n) is 8.18. The summed E-state index contributed by atoms with van der Waals surface area (Å²) in [4.78, 5) is 0. The molecule has 0 aliphatic heterocycles. The lowest BCUT2D eigenvalue weighted by atomic mass is 10.2. The van der Waals surface area contributed by atoms with Gasteiger partial charge < -0.3 is 0 Å². The van der Waals surface area contributed by atoms with E-state index in [9.17, 15) is 0 Å². The van der Waals surface area contributed by atoms with E-state index in [1.165, 1.54) is 16.6 Å². The molecule has 0 radical (unpaired) electrons. The first kappa shape index (κ1) is 8.91. The molecule has 12 heavy (non-hydrogen) atoms. The minimum atomic E-state index is 0. The Morgan fingerprint density at radius 1 is 1.33 bits per heavy atom. The van der Waals surface area contributed by atoms with Crippen LogP contribution in [-0.2, 0) is 7.05 Å². The number of benzene rings is 1. The average Bonchev–Trinajstić information content (AvgIpc) is 2.07. The third kappa shape index (κ3) is 1.37. The van der Waals surface area contributed by atoms with Crippen molar-refractivity contribution in [2.24, 2.45) is 7.05 Å². The van der Waals surface area contributed by atoms with Gasteiger partial charge in [0.25, 0.3) is 0 Å². The number of aryl methyl sites for hydroxylation is 2. The average molecular weight is 166 g/mol. The first-order valence-electron chi connectivity index (χ1n) is 4.38. The molecule has 0 bridgehead atoms. The van der Waals surface area contributed by atoms with Gasteiger partial charge in [0.05, 0.1) is 11.0 Å². The lowest BCUT2D eigenvalue weighted by molar-refractivity contribution is 0.762. The number of fused-ring (bicyclic) bond motifs is 1. The largest absolute Gasteiger partial charge is 0.296 e. The number of nitrogens with zero attached hydrogens (tertiary/aromatic N) is 1. The molecule has 1 aromatic heterocycles. The summed E-state index contributed by atoms with van der Waals surface area (Å²) in [6.45, 7) is 6.10. The van der Waals surface area contributed by atoms with E-state index in [4.69, 9.17) is 0 Å². The maximum Gasteiger partial charge on any atom is 0.0818 e. The number of hydrogen-bond acceptors (Lipinski definition) is 0. The number of rotatable bonds is 0. The van der Waals surface area contributed by atoms with Crippen molar-refractivity contribution in [2.75, 3.05) is 0 Å². The molecule has 2 heteroatoms. The van der Waals surface area contributed by atoms with Gasteiger partial charge in [-0.25, -0.2) is 0 Å². The first-order valence-corrected chi connectivity index (χ1v) is 4.38. The fraction of sp³-hybridized carbons (Fsp3) is 0.400. The Kier molecular flexibility index (Phi) is 2.58. The van der Waals surface area contributed by atoms with Gasteiger partial charge in [-0.1, -0.05) is 19.9 Å². The molecule has 0 fully saturated rings. The highest BCUT2D eigenvalue weighted by molar-refractivity contribution is 5.77. The molecule has 2 aromatic rings. The van der Waals surface area contributed by atoms with Crippen LogP contribution in [0.4, 0.5) is 0 Å². The Labute approximate surface area is 74.7 Å². The van der Waals surface area contributed by atoms with E-state index >= 15 is 0 Å². The summed E-state index contributed by atoms with van der Waals surface area (Å²) in [5, 5.41) is 3.16. The molecule has 0 saturated carbocycles. The van der Waals surface area contributed by atoms with E-state index in [0.29, 0.717) is 0 Å². The molecule has 0 saturated heterocycles. The van der Waals surface area contributed by atoms with E-state index in [2.05, 4.69) is 30.2 Å². The van der Waals surface area contributed by atoms with Gasteiger partial charge in [0.15, 0.2) is 0 Å². The number of aromatic nitrogens is 2. The van der Waals surface area contributed by atoms with Crippen LogP contribution in [-0.4, -0.2) is 9.78 Å². The normalized spacial score (nSPS) is 9.67. The molecule has 68 valence electrons. The van der Waals surface area contributed by atoms with Gasteiger partial charge >= 0.3 is 0 Å². The molecule has 1 N–H and O–H groups in total. The molecule has 0 amide bonds. The number of nitrogens with one attached hydrogen (secondary N) is 1. The Bertz CT molecular complexity index is 356. The molecule has 0 spiro atoms. The standard InChI is InChI=1S/C8H10N2.C2H6.H2/c1-6-3-4-8-7(5-6)9-10(8)2;1-2;/h3-5,9H,1-2H3;1-2H3;1H. The fourth-order valence-electron chi connectivity index (χ4n) is 1.22. The highest BCUT2D eigenvalue weighted by Crippen LogP contribution is 2.14. The van der Waals surface area contributed by atoms with E-state index < -0.39 is 0 Å².